The molecule has 3 aromatic rings. The Balaban J connectivity index is 1.99. The summed E-state index contributed by atoms with van der Waals surface area (Å²) in [5, 5.41) is 6.93. The van der Waals surface area contributed by atoms with Crippen molar-refractivity contribution in [1.29, 1.82) is 0 Å². The van der Waals surface area contributed by atoms with Gasteiger partial charge in [0.15, 0.2) is 17.5 Å². The Morgan fingerprint density at radius 3 is 2.41 bits per heavy atom. The maximum atomic E-state index is 4.33. The van der Waals surface area contributed by atoms with Crippen LogP contribution in [0.15, 0.2) is 43.0 Å². The zero-order valence-electron chi connectivity index (χ0n) is 8.78. The van der Waals surface area contributed by atoms with Gasteiger partial charge in [-0.3, -0.25) is 10.1 Å². The van der Waals surface area contributed by atoms with Gasteiger partial charge in [0.25, 0.3) is 0 Å². The van der Waals surface area contributed by atoms with Crippen LogP contribution >= 0.6 is 0 Å². The predicted octanol–water partition coefficient (Wildman–Crippen LogP) is 1.32. The second-order valence-corrected chi connectivity index (χ2v) is 3.32. The van der Waals surface area contributed by atoms with Gasteiger partial charge in [-0.1, -0.05) is 0 Å². The number of rotatable bonds is 2. The Labute approximate surface area is 96.8 Å². The van der Waals surface area contributed by atoms with Crippen molar-refractivity contribution < 1.29 is 0 Å². The first-order chi connectivity index (χ1) is 8.43. The van der Waals surface area contributed by atoms with Gasteiger partial charge in [-0.05, 0) is 18.2 Å². The van der Waals surface area contributed by atoms with Crippen LogP contribution in [0.25, 0.3) is 23.0 Å². The van der Waals surface area contributed by atoms with Gasteiger partial charge in [-0.2, -0.15) is 5.10 Å². The molecule has 0 radical (unpaired) electrons. The zero-order chi connectivity index (χ0) is 11.5. The molecule has 3 heterocycles. The highest BCUT2D eigenvalue weighted by atomic mass is 15.2. The number of pyridine rings is 1. The molecule has 0 aromatic carbocycles. The topological polar surface area (TPSA) is 80.2 Å². The third-order valence-electron chi connectivity index (χ3n) is 2.20. The average molecular weight is 224 g/mol. The molecule has 3 aromatic heterocycles. The quantitative estimate of drug-likeness (QED) is 0.710. The average Bonchev–Trinajstić information content (AvgIpc) is 2.90. The summed E-state index contributed by atoms with van der Waals surface area (Å²) in [6, 6.07) is 5.45. The number of aromatic nitrogens is 6. The van der Waals surface area contributed by atoms with E-state index in [9.17, 15) is 0 Å². The number of hydrogen-bond donors (Lipinski definition) is 1. The molecule has 1 N–H and O–H groups in total. The Bertz CT molecular complexity index is 550. The van der Waals surface area contributed by atoms with Crippen molar-refractivity contribution in [3.63, 3.8) is 0 Å². The van der Waals surface area contributed by atoms with Gasteiger partial charge in [0, 0.05) is 30.4 Å². The highest BCUT2D eigenvalue weighted by molar-refractivity contribution is 5.56. The summed E-state index contributed by atoms with van der Waals surface area (Å²) in [4.78, 5) is 16.5. The normalized spacial score (nSPS) is 10.4. The summed E-state index contributed by atoms with van der Waals surface area (Å²) in [6.07, 6.45) is 6.72. The Kier molecular flexibility index (Phi) is 2.31. The summed E-state index contributed by atoms with van der Waals surface area (Å²) in [5.74, 6) is 1.69. The van der Waals surface area contributed by atoms with E-state index in [1.807, 2.05) is 12.1 Å². The van der Waals surface area contributed by atoms with Crippen LogP contribution in [0, 0.1) is 0 Å². The molecular formula is C11H8N6. The maximum Gasteiger partial charge on any atom is 0.197 e. The number of H-pyrrole nitrogens is 1. The molecular weight excluding hydrogens is 216 g/mol. The second-order valence-electron chi connectivity index (χ2n) is 3.32. The lowest BCUT2D eigenvalue weighted by Gasteiger charge is -1.92. The van der Waals surface area contributed by atoms with Crippen molar-refractivity contribution in [2.45, 2.75) is 0 Å². The summed E-state index contributed by atoms with van der Waals surface area (Å²) >= 11 is 0. The molecule has 0 aliphatic heterocycles. The molecule has 0 aliphatic rings. The van der Waals surface area contributed by atoms with Crippen LogP contribution < -0.4 is 0 Å². The summed E-state index contributed by atoms with van der Waals surface area (Å²) in [5.41, 5.74) is 0.901. The van der Waals surface area contributed by atoms with Crippen molar-refractivity contribution in [3.05, 3.63) is 43.0 Å². The molecule has 0 fully saturated rings. The molecule has 82 valence electrons. The van der Waals surface area contributed by atoms with E-state index in [1.54, 1.807) is 30.9 Å². The van der Waals surface area contributed by atoms with Gasteiger partial charge >= 0.3 is 0 Å². The van der Waals surface area contributed by atoms with E-state index in [2.05, 4.69) is 30.1 Å². The van der Waals surface area contributed by atoms with Crippen LogP contribution in [0.1, 0.15) is 0 Å². The molecule has 0 saturated heterocycles. The van der Waals surface area contributed by atoms with Crippen LogP contribution in [-0.2, 0) is 0 Å². The molecule has 6 nitrogen and oxygen atoms in total. The molecule has 0 unspecified atom stereocenters. The van der Waals surface area contributed by atoms with E-state index in [1.165, 1.54) is 0 Å². The highest BCUT2D eigenvalue weighted by Gasteiger charge is 2.08. The Hall–Kier alpha value is -2.63. The summed E-state index contributed by atoms with van der Waals surface area (Å²) in [7, 11) is 0. The minimum atomic E-state index is 0.528. The highest BCUT2D eigenvalue weighted by Crippen LogP contribution is 2.15. The minimum Gasteiger partial charge on any atom is -0.265 e. The fourth-order valence-corrected chi connectivity index (χ4v) is 1.41. The third kappa shape index (κ3) is 1.87. The standard InChI is InChI=1S/C11H8N6/c1-4-13-10(14-5-1)11-15-9(16-17-11)8-2-6-12-7-3-8/h1-7H,(H,15,16,17). The maximum absolute atomic E-state index is 4.33. The van der Waals surface area contributed by atoms with E-state index in [-0.39, 0.29) is 0 Å². The summed E-state index contributed by atoms with van der Waals surface area (Å²) < 4.78 is 0. The minimum absolute atomic E-state index is 0.528. The number of hydrogen-bond acceptors (Lipinski definition) is 5. The number of aromatic amines is 1. The summed E-state index contributed by atoms with van der Waals surface area (Å²) in [6.45, 7) is 0. The fraction of sp³-hybridized carbons (Fsp3) is 0. The molecule has 0 spiro atoms. The molecule has 0 aliphatic carbocycles. The Morgan fingerprint density at radius 2 is 1.65 bits per heavy atom. The van der Waals surface area contributed by atoms with Crippen molar-refractivity contribution in [2.75, 3.05) is 0 Å². The van der Waals surface area contributed by atoms with Gasteiger partial charge in [0.1, 0.15) is 0 Å². The lowest BCUT2D eigenvalue weighted by Crippen LogP contribution is -1.88. The molecule has 17 heavy (non-hydrogen) atoms. The first-order valence-corrected chi connectivity index (χ1v) is 5.04. The van der Waals surface area contributed by atoms with E-state index in [0.717, 1.165) is 5.56 Å². The fourth-order valence-electron chi connectivity index (χ4n) is 1.41. The largest absolute Gasteiger partial charge is 0.265 e. The number of nitrogens with zero attached hydrogens (tertiary/aromatic N) is 5. The second kappa shape index (κ2) is 4.09. The predicted molar refractivity (Wildman–Crippen MR) is 60.6 cm³/mol. The third-order valence-corrected chi connectivity index (χ3v) is 2.20. The van der Waals surface area contributed by atoms with Crippen molar-refractivity contribution in [3.8, 4) is 23.0 Å². The Morgan fingerprint density at radius 1 is 0.882 bits per heavy atom. The molecule has 0 saturated carbocycles. The van der Waals surface area contributed by atoms with Crippen LogP contribution in [0.2, 0.25) is 0 Å². The van der Waals surface area contributed by atoms with E-state index in [0.29, 0.717) is 17.5 Å². The van der Waals surface area contributed by atoms with E-state index >= 15 is 0 Å². The number of nitrogens with one attached hydrogen (secondary N) is 1. The van der Waals surface area contributed by atoms with E-state index in [4.69, 9.17) is 0 Å². The van der Waals surface area contributed by atoms with Gasteiger partial charge < -0.3 is 0 Å². The van der Waals surface area contributed by atoms with Crippen molar-refractivity contribution in [1.82, 2.24) is 30.1 Å². The van der Waals surface area contributed by atoms with Gasteiger partial charge in [-0.25, -0.2) is 15.0 Å². The van der Waals surface area contributed by atoms with Crippen LogP contribution in [0.5, 0.6) is 0 Å². The van der Waals surface area contributed by atoms with Crippen molar-refractivity contribution >= 4 is 0 Å². The monoisotopic (exact) mass is 224 g/mol. The molecule has 0 atom stereocenters. The van der Waals surface area contributed by atoms with Gasteiger partial charge in [-0.15, -0.1) is 0 Å². The zero-order valence-corrected chi connectivity index (χ0v) is 8.78. The van der Waals surface area contributed by atoms with Crippen molar-refractivity contribution in [2.24, 2.45) is 0 Å². The van der Waals surface area contributed by atoms with Crippen LogP contribution in [0.4, 0.5) is 0 Å². The lowest BCUT2D eigenvalue weighted by atomic mass is 10.2. The lowest BCUT2D eigenvalue weighted by molar-refractivity contribution is 1.06. The first kappa shape index (κ1) is 9.59. The molecule has 3 rings (SSSR count). The van der Waals surface area contributed by atoms with Gasteiger partial charge in [0.05, 0.1) is 0 Å². The SMILES string of the molecule is c1cnc(-c2nc(-c3ccncc3)n[nH]2)nc1. The van der Waals surface area contributed by atoms with Crippen LogP contribution in [0.3, 0.4) is 0 Å². The molecule has 6 heteroatoms. The molecule has 0 amide bonds. The van der Waals surface area contributed by atoms with E-state index < -0.39 is 0 Å². The van der Waals surface area contributed by atoms with Gasteiger partial charge in [0.2, 0.25) is 0 Å². The first-order valence-electron chi connectivity index (χ1n) is 5.04. The molecule has 0 bridgehead atoms. The smallest absolute Gasteiger partial charge is 0.197 e. The van der Waals surface area contributed by atoms with Crippen LogP contribution in [-0.4, -0.2) is 30.1 Å².